The zero-order valence-corrected chi connectivity index (χ0v) is 21.0. The van der Waals surface area contributed by atoms with E-state index in [0.717, 1.165) is 25.7 Å². The number of hydrogen-bond donors (Lipinski definition) is 4. The fourth-order valence-electron chi connectivity index (χ4n) is 8.16. The molecule has 182 valence electrons. The van der Waals surface area contributed by atoms with Gasteiger partial charge in [0.15, 0.2) is 0 Å². The summed E-state index contributed by atoms with van der Waals surface area (Å²) in [6, 6.07) is 0. The van der Waals surface area contributed by atoms with E-state index in [1.165, 1.54) is 12.0 Å². The minimum absolute atomic E-state index is 0.112. The van der Waals surface area contributed by atoms with Gasteiger partial charge < -0.3 is 20.4 Å². The second-order valence-corrected chi connectivity index (χ2v) is 12.9. The first-order valence-electron chi connectivity index (χ1n) is 12.9. The molecule has 4 heteroatoms. The molecule has 4 aliphatic rings. The average Bonchev–Trinajstić information content (AvgIpc) is 3.05. The van der Waals surface area contributed by atoms with Crippen LogP contribution in [0, 0.1) is 40.4 Å². The molecule has 0 bridgehead atoms. The number of hydrogen-bond acceptors (Lipinski definition) is 4. The van der Waals surface area contributed by atoms with Crippen molar-refractivity contribution in [1.29, 1.82) is 0 Å². The molecule has 10 atom stereocenters. The van der Waals surface area contributed by atoms with Crippen LogP contribution in [-0.4, -0.2) is 43.8 Å². The first-order valence-corrected chi connectivity index (χ1v) is 12.9. The molecule has 4 N–H and O–H groups in total. The number of rotatable bonds is 4. The molecular formula is C28H46O4. The van der Waals surface area contributed by atoms with Crippen molar-refractivity contribution in [2.75, 3.05) is 0 Å². The smallest absolute Gasteiger partial charge is 0.102 e. The second-order valence-electron chi connectivity index (χ2n) is 12.9. The third-order valence-corrected chi connectivity index (χ3v) is 10.8. The fourth-order valence-corrected chi connectivity index (χ4v) is 8.16. The van der Waals surface area contributed by atoms with Crippen molar-refractivity contribution in [3.63, 3.8) is 0 Å². The van der Waals surface area contributed by atoms with Crippen LogP contribution in [0.1, 0.15) is 86.5 Å². The molecule has 4 nitrogen and oxygen atoms in total. The van der Waals surface area contributed by atoms with Crippen LogP contribution in [0.15, 0.2) is 23.8 Å². The maximum Gasteiger partial charge on any atom is 0.102 e. The Bertz CT molecular complexity index is 781. The van der Waals surface area contributed by atoms with E-state index in [-0.39, 0.29) is 23.2 Å². The van der Waals surface area contributed by atoms with E-state index < -0.39 is 23.4 Å². The lowest BCUT2D eigenvalue weighted by Crippen LogP contribution is -2.65. The number of aliphatic hydroxyl groups excluding tert-OH is 2. The summed E-state index contributed by atoms with van der Waals surface area (Å²) in [6.45, 7) is 12.8. The molecule has 0 aromatic carbocycles. The summed E-state index contributed by atoms with van der Waals surface area (Å²) >= 11 is 0. The summed E-state index contributed by atoms with van der Waals surface area (Å²) in [6.07, 6.45) is 11.3. The van der Waals surface area contributed by atoms with Gasteiger partial charge in [-0.15, -0.1) is 0 Å². The van der Waals surface area contributed by atoms with Crippen LogP contribution in [0.2, 0.25) is 0 Å². The minimum Gasteiger partial charge on any atom is -0.393 e. The Kier molecular flexibility index (Phi) is 6.06. The van der Waals surface area contributed by atoms with Gasteiger partial charge in [0, 0.05) is 17.8 Å². The van der Waals surface area contributed by atoms with E-state index in [2.05, 4.69) is 39.8 Å². The van der Waals surface area contributed by atoms with Crippen LogP contribution >= 0.6 is 0 Å². The van der Waals surface area contributed by atoms with Crippen LogP contribution < -0.4 is 0 Å². The van der Waals surface area contributed by atoms with E-state index in [1.807, 2.05) is 19.9 Å². The summed E-state index contributed by atoms with van der Waals surface area (Å²) in [5.41, 5.74) is -0.724. The standard InChI is InChI=1S/C28H46O4/c1-17(7-8-18(2)25(3,4)31)21-9-10-22-20-15-24(30)28(32)16-19(29)11-14-27(28,6)23(20)12-13-26(21,22)5/h7-8,15,17-19,21-24,29-32H,9-14,16H2,1-6H3. The highest BCUT2D eigenvalue weighted by atomic mass is 16.3. The van der Waals surface area contributed by atoms with Gasteiger partial charge in [-0.05, 0) is 81.5 Å². The van der Waals surface area contributed by atoms with Crippen molar-refractivity contribution in [3.8, 4) is 0 Å². The Morgan fingerprint density at radius 3 is 2.34 bits per heavy atom. The largest absolute Gasteiger partial charge is 0.393 e. The summed E-state index contributed by atoms with van der Waals surface area (Å²) in [5, 5.41) is 43.2. The van der Waals surface area contributed by atoms with Crippen LogP contribution in [0.5, 0.6) is 0 Å². The molecule has 0 aromatic rings. The quantitative estimate of drug-likeness (QED) is 0.475. The van der Waals surface area contributed by atoms with Gasteiger partial charge in [-0.3, -0.25) is 0 Å². The van der Waals surface area contributed by atoms with Crippen molar-refractivity contribution in [3.05, 3.63) is 23.8 Å². The van der Waals surface area contributed by atoms with E-state index in [4.69, 9.17) is 0 Å². The molecule has 0 aromatic heterocycles. The lowest BCUT2D eigenvalue weighted by molar-refractivity contribution is -0.210. The SMILES string of the molecule is CC(C=CC(C)C(C)(C)O)C1CCC2C3=CC(O)C4(O)CC(O)CCC4(C)C3CCC21C. The van der Waals surface area contributed by atoms with Crippen molar-refractivity contribution < 1.29 is 20.4 Å². The Hall–Kier alpha value is -0.680. The van der Waals surface area contributed by atoms with Crippen LogP contribution in [-0.2, 0) is 0 Å². The van der Waals surface area contributed by atoms with Gasteiger partial charge >= 0.3 is 0 Å². The first-order chi connectivity index (χ1) is 14.7. The van der Waals surface area contributed by atoms with Gasteiger partial charge in [-0.2, -0.15) is 0 Å². The molecule has 0 heterocycles. The normalized spacial score (nSPS) is 48.6. The summed E-state index contributed by atoms with van der Waals surface area (Å²) < 4.78 is 0. The summed E-state index contributed by atoms with van der Waals surface area (Å²) in [5.74, 6) is 1.88. The van der Waals surface area contributed by atoms with E-state index >= 15 is 0 Å². The number of allylic oxidation sites excluding steroid dienone is 2. The van der Waals surface area contributed by atoms with Gasteiger partial charge in [0.2, 0.25) is 0 Å². The molecule has 10 unspecified atom stereocenters. The van der Waals surface area contributed by atoms with E-state index in [0.29, 0.717) is 30.1 Å². The Morgan fingerprint density at radius 1 is 1.00 bits per heavy atom. The predicted molar refractivity (Wildman–Crippen MR) is 128 cm³/mol. The summed E-state index contributed by atoms with van der Waals surface area (Å²) in [7, 11) is 0. The van der Waals surface area contributed by atoms with Gasteiger partial charge in [0.1, 0.15) is 11.7 Å². The number of fused-ring (bicyclic) bond motifs is 5. The Labute approximate surface area is 194 Å². The van der Waals surface area contributed by atoms with Crippen molar-refractivity contribution in [2.24, 2.45) is 40.4 Å². The van der Waals surface area contributed by atoms with Gasteiger partial charge in [0.25, 0.3) is 0 Å². The van der Waals surface area contributed by atoms with E-state index in [1.54, 1.807) is 0 Å². The van der Waals surface area contributed by atoms with E-state index in [9.17, 15) is 20.4 Å². The van der Waals surface area contributed by atoms with Gasteiger partial charge in [-0.1, -0.05) is 51.5 Å². The molecule has 4 aliphatic carbocycles. The molecule has 4 rings (SSSR count). The predicted octanol–water partition coefficient (Wildman–Crippen LogP) is 4.61. The molecule has 3 saturated carbocycles. The molecular weight excluding hydrogens is 400 g/mol. The molecule has 32 heavy (non-hydrogen) atoms. The zero-order chi connectivity index (χ0) is 23.7. The maximum atomic E-state index is 11.6. The highest BCUT2D eigenvalue weighted by molar-refractivity contribution is 5.33. The van der Waals surface area contributed by atoms with Crippen LogP contribution in [0.25, 0.3) is 0 Å². The third kappa shape index (κ3) is 3.56. The molecule has 0 spiro atoms. The van der Waals surface area contributed by atoms with Crippen molar-refractivity contribution >= 4 is 0 Å². The van der Waals surface area contributed by atoms with Gasteiger partial charge in [0.05, 0.1) is 11.7 Å². The monoisotopic (exact) mass is 446 g/mol. The fraction of sp³-hybridized carbons (Fsp3) is 0.857. The first kappa shape index (κ1) is 24.4. The lowest BCUT2D eigenvalue weighted by atomic mass is 9.45. The van der Waals surface area contributed by atoms with Crippen LogP contribution in [0.3, 0.4) is 0 Å². The Morgan fingerprint density at radius 2 is 1.69 bits per heavy atom. The Balaban J connectivity index is 1.60. The topological polar surface area (TPSA) is 80.9 Å². The molecule has 0 amide bonds. The highest BCUT2D eigenvalue weighted by Crippen LogP contribution is 2.67. The molecule has 0 saturated heterocycles. The van der Waals surface area contributed by atoms with Crippen LogP contribution in [0.4, 0.5) is 0 Å². The molecule has 0 aliphatic heterocycles. The van der Waals surface area contributed by atoms with Gasteiger partial charge in [-0.25, -0.2) is 0 Å². The highest BCUT2D eigenvalue weighted by Gasteiger charge is 2.64. The van der Waals surface area contributed by atoms with Crippen molar-refractivity contribution in [1.82, 2.24) is 0 Å². The average molecular weight is 447 g/mol. The molecule has 3 fully saturated rings. The summed E-state index contributed by atoms with van der Waals surface area (Å²) in [4.78, 5) is 0. The third-order valence-electron chi connectivity index (χ3n) is 10.8. The zero-order valence-electron chi connectivity index (χ0n) is 21.0. The lowest BCUT2D eigenvalue weighted by Gasteiger charge is -2.62. The number of aliphatic hydroxyl groups is 4. The second kappa shape index (κ2) is 7.93. The minimum atomic E-state index is -1.23. The maximum absolute atomic E-state index is 11.6. The molecule has 0 radical (unpaired) electrons. The van der Waals surface area contributed by atoms with Crippen molar-refractivity contribution in [2.45, 2.75) is 110 Å².